The summed E-state index contributed by atoms with van der Waals surface area (Å²) in [5.41, 5.74) is 3.34. The van der Waals surface area contributed by atoms with Crippen LogP contribution in [0.5, 0.6) is 11.5 Å². The molecule has 0 unspecified atom stereocenters. The van der Waals surface area contributed by atoms with Gasteiger partial charge in [0, 0.05) is 24.2 Å². The number of fused-ring (bicyclic) bond motifs is 2. The highest BCUT2D eigenvalue weighted by Gasteiger charge is 2.36. The Morgan fingerprint density at radius 1 is 0.793 bits per heavy atom. The maximum Gasteiger partial charge on any atom is 0.234 e. The molecule has 0 aliphatic carbocycles. The molecular formula is C26H25NO2. The Balaban J connectivity index is 1.34. The first kappa shape index (κ1) is 18.0. The molecule has 0 radical (unpaired) electrons. The molecule has 2 aliphatic rings. The second kappa shape index (κ2) is 7.75. The van der Waals surface area contributed by atoms with Crippen LogP contribution in [-0.4, -0.2) is 23.9 Å². The number of benzene rings is 3. The summed E-state index contributed by atoms with van der Waals surface area (Å²) in [5.74, 6) is 2.16. The summed E-state index contributed by atoms with van der Waals surface area (Å²) >= 11 is 0. The van der Waals surface area contributed by atoms with Crippen LogP contribution in [0.3, 0.4) is 0 Å². The topological polar surface area (TPSA) is 29.5 Å². The number of likely N-dealkylation sites (tertiary alicyclic amines) is 1. The minimum Gasteiger partial charge on any atom is -0.457 e. The van der Waals surface area contributed by atoms with E-state index in [0.717, 1.165) is 55.0 Å². The lowest BCUT2D eigenvalue weighted by atomic mass is 9.85. The van der Waals surface area contributed by atoms with Crippen LogP contribution in [0.4, 0.5) is 0 Å². The van der Waals surface area contributed by atoms with Crippen molar-refractivity contribution in [3.63, 3.8) is 0 Å². The van der Waals surface area contributed by atoms with Crippen molar-refractivity contribution in [2.45, 2.75) is 25.2 Å². The predicted molar refractivity (Wildman–Crippen MR) is 114 cm³/mol. The fourth-order valence-corrected chi connectivity index (χ4v) is 4.66. The molecule has 3 aromatic rings. The summed E-state index contributed by atoms with van der Waals surface area (Å²) < 4.78 is 6.06. The summed E-state index contributed by atoms with van der Waals surface area (Å²) in [6.07, 6.45) is 3.23. The molecule has 2 heterocycles. The van der Waals surface area contributed by atoms with E-state index < -0.39 is 0 Å². The molecule has 1 saturated heterocycles. The molecule has 0 N–H and O–H groups in total. The van der Waals surface area contributed by atoms with Gasteiger partial charge >= 0.3 is 0 Å². The van der Waals surface area contributed by atoms with Gasteiger partial charge in [-0.2, -0.15) is 0 Å². The van der Waals surface area contributed by atoms with Crippen molar-refractivity contribution in [1.29, 1.82) is 0 Å². The highest BCUT2D eigenvalue weighted by molar-refractivity contribution is 5.89. The fourth-order valence-electron chi connectivity index (χ4n) is 4.66. The number of hydrogen-bond donors (Lipinski definition) is 0. The summed E-state index contributed by atoms with van der Waals surface area (Å²) in [6, 6.07) is 26.5. The Labute approximate surface area is 171 Å². The Morgan fingerprint density at radius 3 is 1.97 bits per heavy atom. The molecule has 3 heteroatoms. The van der Waals surface area contributed by atoms with Gasteiger partial charge in [-0.25, -0.2) is 0 Å². The van der Waals surface area contributed by atoms with E-state index in [1.165, 1.54) is 5.56 Å². The van der Waals surface area contributed by atoms with Crippen molar-refractivity contribution in [3.05, 3.63) is 95.6 Å². The van der Waals surface area contributed by atoms with Crippen molar-refractivity contribution in [2.24, 2.45) is 5.92 Å². The molecule has 0 spiro atoms. The predicted octanol–water partition coefficient (Wildman–Crippen LogP) is 5.41. The molecule has 0 bridgehead atoms. The molecular weight excluding hydrogens is 358 g/mol. The minimum atomic E-state index is -0.276. The van der Waals surface area contributed by atoms with Gasteiger partial charge in [0.1, 0.15) is 11.5 Å². The summed E-state index contributed by atoms with van der Waals surface area (Å²) in [7, 11) is 0. The molecule has 1 amide bonds. The molecule has 0 saturated carbocycles. The average Bonchev–Trinajstić information content (AvgIpc) is 2.78. The van der Waals surface area contributed by atoms with E-state index in [1.807, 2.05) is 48.5 Å². The number of para-hydroxylation sites is 2. The number of carbonyl (C=O) groups is 1. The minimum absolute atomic E-state index is 0.200. The summed E-state index contributed by atoms with van der Waals surface area (Å²) in [6.45, 7) is 1.66. The van der Waals surface area contributed by atoms with Crippen molar-refractivity contribution in [3.8, 4) is 11.5 Å². The molecule has 0 aromatic heterocycles. The Bertz CT molecular complexity index is 960. The van der Waals surface area contributed by atoms with Gasteiger partial charge in [-0.1, -0.05) is 66.7 Å². The maximum absolute atomic E-state index is 13.6. The number of ether oxygens (including phenoxy) is 1. The van der Waals surface area contributed by atoms with Crippen LogP contribution in [0.1, 0.15) is 35.4 Å². The van der Waals surface area contributed by atoms with Gasteiger partial charge in [-0.3, -0.25) is 4.79 Å². The zero-order valence-corrected chi connectivity index (χ0v) is 16.5. The number of nitrogens with zero attached hydrogens (tertiary/aromatic N) is 1. The third-order valence-electron chi connectivity index (χ3n) is 6.22. The average molecular weight is 383 g/mol. The van der Waals surface area contributed by atoms with Crippen LogP contribution in [-0.2, 0) is 11.2 Å². The Kier molecular flexibility index (Phi) is 4.81. The summed E-state index contributed by atoms with van der Waals surface area (Å²) in [5, 5.41) is 0. The lowest BCUT2D eigenvalue weighted by Crippen LogP contribution is -2.42. The zero-order chi connectivity index (χ0) is 19.6. The maximum atomic E-state index is 13.6. The standard InChI is InChI=1S/C26H25NO2/c28-26(27-16-14-20(15-17-27)18-19-8-2-1-3-9-19)25-21-10-4-6-12-23(21)29-24-13-7-5-11-22(24)25/h1-13,20,25H,14-18H2. The van der Waals surface area contributed by atoms with Crippen LogP contribution in [0, 0.1) is 5.92 Å². The van der Waals surface area contributed by atoms with Gasteiger partial charge < -0.3 is 9.64 Å². The van der Waals surface area contributed by atoms with Crippen LogP contribution in [0.15, 0.2) is 78.9 Å². The van der Waals surface area contributed by atoms with E-state index >= 15 is 0 Å². The molecule has 0 atom stereocenters. The zero-order valence-electron chi connectivity index (χ0n) is 16.5. The first-order valence-electron chi connectivity index (χ1n) is 10.5. The molecule has 2 aliphatic heterocycles. The lowest BCUT2D eigenvalue weighted by Gasteiger charge is -2.36. The van der Waals surface area contributed by atoms with Gasteiger partial charge in [0.15, 0.2) is 0 Å². The van der Waals surface area contributed by atoms with E-state index in [9.17, 15) is 4.79 Å². The van der Waals surface area contributed by atoms with Crippen molar-refractivity contribution >= 4 is 5.91 Å². The van der Waals surface area contributed by atoms with E-state index in [0.29, 0.717) is 5.92 Å². The Morgan fingerprint density at radius 2 is 1.34 bits per heavy atom. The van der Waals surface area contributed by atoms with Crippen LogP contribution in [0.25, 0.3) is 0 Å². The molecule has 5 rings (SSSR count). The first-order chi connectivity index (χ1) is 14.3. The number of amides is 1. The molecule has 146 valence electrons. The smallest absolute Gasteiger partial charge is 0.234 e. The normalized spacial score (nSPS) is 16.6. The van der Waals surface area contributed by atoms with Crippen molar-refractivity contribution < 1.29 is 9.53 Å². The van der Waals surface area contributed by atoms with E-state index in [1.54, 1.807) is 0 Å². The third-order valence-corrected chi connectivity index (χ3v) is 6.22. The van der Waals surface area contributed by atoms with Gasteiger partial charge in [-0.15, -0.1) is 0 Å². The monoisotopic (exact) mass is 383 g/mol. The molecule has 3 aromatic carbocycles. The van der Waals surface area contributed by atoms with Crippen molar-refractivity contribution in [2.75, 3.05) is 13.1 Å². The number of piperidine rings is 1. The molecule has 3 nitrogen and oxygen atoms in total. The quantitative estimate of drug-likeness (QED) is 0.606. The van der Waals surface area contributed by atoms with Gasteiger partial charge in [-0.05, 0) is 42.9 Å². The van der Waals surface area contributed by atoms with E-state index in [2.05, 4.69) is 35.2 Å². The van der Waals surface area contributed by atoms with Crippen molar-refractivity contribution in [1.82, 2.24) is 4.90 Å². The Hall–Kier alpha value is -3.07. The second-order valence-corrected chi connectivity index (χ2v) is 8.07. The number of rotatable bonds is 3. The largest absolute Gasteiger partial charge is 0.457 e. The van der Waals surface area contributed by atoms with Crippen LogP contribution < -0.4 is 4.74 Å². The first-order valence-corrected chi connectivity index (χ1v) is 10.5. The highest BCUT2D eigenvalue weighted by Crippen LogP contribution is 2.45. The van der Waals surface area contributed by atoms with Gasteiger partial charge in [0.25, 0.3) is 0 Å². The fraction of sp³-hybridized carbons (Fsp3) is 0.269. The molecule has 29 heavy (non-hydrogen) atoms. The van der Waals surface area contributed by atoms with Gasteiger partial charge in [0.2, 0.25) is 5.91 Å². The highest BCUT2D eigenvalue weighted by atomic mass is 16.5. The number of carbonyl (C=O) groups excluding carboxylic acids is 1. The SMILES string of the molecule is O=C(C1c2ccccc2Oc2ccccc21)N1CCC(Cc2ccccc2)CC1. The summed E-state index contributed by atoms with van der Waals surface area (Å²) in [4.78, 5) is 15.7. The van der Waals surface area contributed by atoms with E-state index in [4.69, 9.17) is 4.74 Å². The number of hydrogen-bond acceptors (Lipinski definition) is 2. The van der Waals surface area contributed by atoms with Crippen LogP contribution in [0.2, 0.25) is 0 Å². The van der Waals surface area contributed by atoms with E-state index in [-0.39, 0.29) is 11.8 Å². The lowest BCUT2D eigenvalue weighted by molar-refractivity contribution is -0.133. The van der Waals surface area contributed by atoms with Crippen LogP contribution >= 0.6 is 0 Å². The third kappa shape index (κ3) is 3.53. The molecule has 1 fully saturated rings. The van der Waals surface area contributed by atoms with Gasteiger partial charge in [0.05, 0.1) is 5.92 Å². The second-order valence-electron chi connectivity index (χ2n) is 8.07.